The first-order valence-corrected chi connectivity index (χ1v) is 6.08. The number of benzene rings is 1. The summed E-state index contributed by atoms with van der Waals surface area (Å²) in [5.74, 6) is -0.566. The summed E-state index contributed by atoms with van der Waals surface area (Å²) >= 11 is 5.70. The van der Waals surface area contributed by atoms with E-state index in [4.69, 9.17) is 16.7 Å². The summed E-state index contributed by atoms with van der Waals surface area (Å²) in [6.45, 7) is 0. The summed E-state index contributed by atoms with van der Waals surface area (Å²) in [4.78, 5) is 11.0. The molecule has 1 heterocycles. The summed E-state index contributed by atoms with van der Waals surface area (Å²) in [5, 5.41) is 16.4. The van der Waals surface area contributed by atoms with Crippen LogP contribution in [0.4, 0.5) is 0 Å². The number of rotatable bonds is 1. The zero-order chi connectivity index (χ0) is 12.1. The van der Waals surface area contributed by atoms with E-state index in [1.807, 2.05) is 0 Å². The van der Waals surface area contributed by atoms with Gasteiger partial charge in [-0.05, 0) is 12.1 Å². The first-order chi connectivity index (χ1) is 7.30. The molecule has 1 aromatic carbocycles. The number of sulfonamides is 1. The number of fused-ring (bicyclic) bond motifs is 1. The predicted octanol–water partition coefficient (Wildman–Crippen LogP) is -0.278. The molecule has 6 nitrogen and oxygen atoms in total. The molecule has 8 heteroatoms. The van der Waals surface area contributed by atoms with Gasteiger partial charge in [0.05, 0.1) is 5.02 Å². The highest BCUT2D eigenvalue weighted by Gasteiger charge is 2.29. The number of amides is 1. The van der Waals surface area contributed by atoms with E-state index in [0.717, 1.165) is 6.07 Å². The van der Waals surface area contributed by atoms with Crippen LogP contribution in [0.1, 0.15) is 22.1 Å². The third-order valence-corrected chi connectivity index (χ3v) is 3.59. The third-order valence-electron chi connectivity index (χ3n) is 2.22. The maximum atomic E-state index is 11.3. The van der Waals surface area contributed by atoms with Crippen molar-refractivity contribution in [2.24, 2.45) is 5.14 Å². The van der Waals surface area contributed by atoms with Crippen molar-refractivity contribution >= 4 is 27.5 Å². The lowest BCUT2D eigenvalue weighted by Crippen LogP contribution is -2.18. The zero-order valence-corrected chi connectivity index (χ0v) is 9.34. The number of hydrogen-bond acceptors (Lipinski definition) is 4. The SMILES string of the molecule is NS(=O)(=O)c1cc2c(cc1Cl)[C@@H](O)NC2=O. The Bertz CT molecular complexity index is 584. The molecule has 1 amide bonds. The van der Waals surface area contributed by atoms with Gasteiger partial charge < -0.3 is 10.4 Å². The Morgan fingerprint density at radius 1 is 1.44 bits per heavy atom. The second-order valence-corrected chi connectivity index (χ2v) is 5.23. The van der Waals surface area contributed by atoms with Crippen molar-refractivity contribution in [2.45, 2.75) is 11.1 Å². The van der Waals surface area contributed by atoms with Crippen LogP contribution in [-0.4, -0.2) is 19.4 Å². The van der Waals surface area contributed by atoms with E-state index >= 15 is 0 Å². The molecule has 1 aliphatic rings. The van der Waals surface area contributed by atoms with E-state index in [1.54, 1.807) is 0 Å². The Hall–Kier alpha value is -1.15. The Balaban J connectivity index is 2.72. The molecule has 0 fully saturated rings. The summed E-state index contributed by atoms with van der Waals surface area (Å²) in [6.07, 6.45) is -1.17. The molecule has 1 aromatic rings. The topological polar surface area (TPSA) is 109 Å². The summed E-state index contributed by atoms with van der Waals surface area (Å²) in [7, 11) is -3.99. The van der Waals surface area contributed by atoms with Crippen LogP contribution in [0, 0.1) is 0 Å². The van der Waals surface area contributed by atoms with Gasteiger partial charge in [0.2, 0.25) is 10.0 Å². The maximum absolute atomic E-state index is 11.3. The van der Waals surface area contributed by atoms with E-state index in [0.29, 0.717) is 0 Å². The lowest BCUT2D eigenvalue weighted by Gasteiger charge is -2.05. The molecular formula is C8H7ClN2O4S. The minimum absolute atomic E-state index is 0.0564. The van der Waals surface area contributed by atoms with Crippen molar-refractivity contribution < 1.29 is 18.3 Å². The van der Waals surface area contributed by atoms with Crippen LogP contribution in [0.3, 0.4) is 0 Å². The molecule has 0 saturated heterocycles. The quantitative estimate of drug-likeness (QED) is 0.647. The molecule has 0 spiro atoms. The number of aliphatic hydroxyl groups is 1. The molecule has 86 valence electrons. The average Bonchev–Trinajstić information content (AvgIpc) is 2.39. The Morgan fingerprint density at radius 2 is 2.06 bits per heavy atom. The Kier molecular flexibility index (Phi) is 2.43. The van der Waals surface area contributed by atoms with Gasteiger partial charge in [0, 0.05) is 11.1 Å². The summed E-state index contributed by atoms with van der Waals surface area (Å²) in [6, 6.07) is 2.26. The number of carbonyl (C=O) groups is 1. The largest absolute Gasteiger partial charge is 0.369 e. The van der Waals surface area contributed by atoms with Crippen LogP contribution < -0.4 is 10.5 Å². The molecule has 16 heavy (non-hydrogen) atoms. The van der Waals surface area contributed by atoms with Gasteiger partial charge in [-0.25, -0.2) is 13.6 Å². The third kappa shape index (κ3) is 1.67. The average molecular weight is 263 g/mol. The van der Waals surface area contributed by atoms with Crippen LogP contribution in [0.5, 0.6) is 0 Å². The lowest BCUT2D eigenvalue weighted by atomic mass is 10.1. The number of hydrogen-bond donors (Lipinski definition) is 3. The second kappa shape index (κ2) is 3.42. The molecule has 0 aromatic heterocycles. The Morgan fingerprint density at radius 3 is 2.62 bits per heavy atom. The van der Waals surface area contributed by atoms with Crippen molar-refractivity contribution in [1.29, 1.82) is 0 Å². The fraction of sp³-hybridized carbons (Fsp3) is 0.125. The monoisotopic (exact) mass is 262 g/mol. The fourth-order valence-corrected chi connectivity index (χ4v) is 2.60. The normalized spacial score (nSPS) is 19.4. The first kappa shape index (κ1) is 11.3. The molecule has 0 bridgehead atoms. The first-order valence-electron chi connectivity index (χ1n) is 4.16. The fourth-order valence-electron chi connectivity index (χ4n) is 1.49. The summed E-state index contributed by atoms with van der Waals surface area (Å²) in [5.41, 5.74) is 0.295. The van der Waals surface area contributed by atoms with E-state index < -0.39 is 22.2 Å². The molecule has 1 atom stereocenters. The minimum Gasteiger partial charge on any atom is -0.369 e. The predicted molar refractivity (Wildman–Crippen MR) is 55.3 cm³/mol. The van der Waals surface area contributed by atoms with E-state index in [-0.39, 0.29) is 21.0 Å². The number of aliphatic hydroxyl groups excluding tert-OH is 1. The highest BCUT2D eigenvalue weighted by molar-refractivity contribution is 7.89. The van der Waals surface area contributed by atoms with E-state index in [9.17, 15) is 18.3 Å². The highest BCUT2D eigenvalue weighted by atomic mass is 35.5. The van der Waals surface area contributed by atoms with Gasteiger partial charge >= 0.3 is 0 Å². The summed E-state index contributed by atoms with van der Waals surface area (Å²) < 4.78 is 22.3. The number of halogens is 1. The number of carbonyl (C=O) groups excluding carboxylic acids is 1. The second-order valence-electron chi connectivity index (χ2n) is 3.29. The standard InChI is InChI=1S/C8H7ClN2O4S/c9-5-1-3-4(8(13)11-7(3)12)2-6(5)16(10,14)15/h1-2,7,12H,(H,11,13)(H2,10,14,15)/t7-/m1/s1. The minimum atomic E-state index is -3.99. The van der Waals surface area contributed by atoms with Crippen LogP contribution >= 0.6 is 11.6 Å². The zero-order valence-electron chi connectivity index (χ0n) is 7.77. The van der Waals surface area contributed by atoms with Gasteiger partial charge in [-0.15, -0.1) is 0 Å². The van der Waals surface area contributed by atoms with Gasteiger partial charge in [0.25, 0.3) is 5.91 Å². The molecule has 0 aliphatic carbocycles. The van der Waals surface area contributed by atoms with E-state index in [1.165, 1.54) is 6.07 Å². The number of primary sulfonamides is 1. The van der Waals surface area contributed by atoms with E-state index in [2.05, 4.69) is 5.32 Å². The molecule has 0 saturated carbocycles. The molecular weight excluding hydrogens is 256 g/mol. The van der Waals surface area contributed by atoms with Gasteiger partial charge in [0.1, 0.15) is 4.90 Å². The molecule has 4 N–H and O–H groups in total. The Labute approximate surface area is 96.1 Å². The van der Waals surface area contributed by atoms with Crippen LogP contribution in [0.15, 0.2) is 17.0 Å². The van der Waals surface area contributed by atoms with Crippen LogP contribution in [0.25, 0.3) is 0 Å². The lowest BCUT2D eigenvalue weighted by molar-refractivity contribution is 0.0850. The highest BCUT2D eigenvalue weighted by Crippen LogP contribution is 2.31. The molecule has 0 radical (unpaired) electrons. The van der Waals surface area contributed by atoms with Gasteiger partial charge in [-0.3, -0.25) is 4.79 Å². The van der Waals surface area contributed by atoms with Crippen molar-refractivity contribution in [3.05, 3.63) is 28.3 Å². The molecule has 2 rings (SSSR count). The van der Waals surface area contributed by atoms with Gasteiger partial charge in [-0.2, -0.15) is 0 Å². The van der Waals surface area contributed by atoms with Crippen LogP contribution in [0.2, 0.25) is 5.02 Å². The number of nitrogens with one attached hydrogen (secondary N) is 1. The van der Waals surface area contributed by atoms with Crippen molar-refractivity contribution in [3.8, 4) is 0 Å². The van der Waals surface area contributed by atoms with Crippen molar-refractivity contribution in [2.75, 3.05) is 0 Å². The van der Waals surface area contributed by atoms with Crippen LogP contribution in [-0.2, 0) is 10.0 Å². The number of nitrogens with two attached hydrogens (primary N) is 1. The van der Waals surface area contributed by atoms with Gasteiger partial charge in [0.15, 0.2) is 6.23 Å². The smallest absolute Gasteiger partial charge is 0.254 e. The van der Waals surface area contributed by atoms with Crippen molar-refractivity contribution in [1.82, 2.24) is 5.32 Å². The molecule has 0 unspecified atom stereocenters. The molecule has 1 aliphatic heterocycles. The van der Waals surface area contributed by atoms with Gasteiger partial charge in [-0.1, -0.05) is 11.6 Å². The van der Waals surface area contributed by atoms with Crippen molar-refractivity contribution in [3.63, 3.8) is 0 Å². The maximum Gasteiger partial charge on any atom is 0.254 e.